The van der Waals surface area contributed by atoms with E-state index >= 15 is 0 Å². The van der Waals surface area contributed by atoms with Gasteiger partial charge in [0.15, 0.2) is 0 Å². The zero-order valence-electron chi connectivity index (χ0n) is 4.03. The van der Waals surface area contributed by atoms with Crippen molar-refractivity contribution in [2.45, 2.75) is 0 Å². The van der Waals surface area contributed by atoms with Gasteiger partial charge in [0, 0.05) is 0 Å². The number of pyridine rings is 1. The Balaban J connectivity index is 2.99. The molecule has 0 saturated carbocycles. The van der Waals surface area contributed by atoms with E-state index in [-0.39, 0.29) is 0 Å². The summed E-state index contributed by atoms with van der Waals surface area (Å²) in [4.78, 5) is 13.2. The number of aromatic nitrogens is 1. The first-order valence-electron chi connectivity index (χ1n) is 2.09. The van der Waals surface area contributed by atoms with E-state index < -0.39 is 0 Å². The Morgan fingerprint density at radius 2 is 2.62 bits per heavy atom. The number of nitrogens with zero attached hydrogens (tertiary/aromatic N) is 2. The molecule has 1 aromatic rings. The van der Waals surface area contributed by atoms with E-state index in [0.29, 0.717) is 5.69 Å². The van der Waals surface area contributed by atoms with Gasteiger partial charge in [0.1, 0.15) is 5.69 Å². The minimum atomic E-state index is 0.337. The maximum Gasteiger partial charge on any atom is 0.126 e. The van der Waals surface area contributed by atoms with Gasteiger partial charge >= 0.3 is 0 Å². The smallest absolute Gasteiger partial charge is 0.126 e. The zero-order valence-corrected chi connectivity index (χ0v) is 4.03. The Bertz CT molecular complexity index is 173. The summed E-state index contributed by atoms with van der Waals surface area (Å²) in [5.74, 6) is 0. The highest BCUT2D eigenvalue weighted by molar-refractivity contribution is 5.30. The summed E-state index contributed by atoms with van der Waals surface area (Å²) in [5.41, 5.74) is 0.337. The summed E-state index contributed by atoms with van der Waals surface area (Å²) in [6.07, 6.45) is 3.87. The average Bonchev–Trinajstić information content (AvgIpc) is 1.90. The largest absolute Gasteiger partial charge is 0.252 e. The minimum absolute atomic E-state index is 0.337. The molecule has 3 heteroatoms. The average molecular weight is 107 g/mol. The molecule has 0 saturated heterocycles. The molecule has 0 N–H and O–H groups in total. The fourth-order valence-corrected chi connectivity index (χ4v) is 0.366. The Morgan fingerprint density at radius 3 is 3.00 bits per heavy atom. The molecule has 0 bridgehead atoms. The van der Waals surface area contributed by atoms with E-state index in [1.807, 2.05) is 0 Å². The molecular formula is C5H3N2O. The third-order valence-corrected chi connectivity index (χ3v) is 0.705. The summed E-state index contributed by atoms with van der Waals surface area (Å²) in [5, 5.41) is 2.64. The van der Waals surface area contributed by atoms with E-state index in [9.17, 15) is 4.91 Å². The van der Waals surface area contributed by atoms with Crippen LogP contribution in [0.25, 0.3) is 0 Å². The third-order valence-electron chi connectivity index (χ3n) is 0.705. The Labute approximate surface area is 46.3 Å². The Morgan fingerprint density at radius 1 is 1.75 bits per heavy atom. The van der Waals surface area contributed by atoms with Crippen molar-refractivity contribution in [3.05, 3.63) is 29.4 Å². The van der Waals surface area contributed by atoms with Gasteiger partial charge in [-0.2, -0.15) is 0 Å². The van der Waals surface area contributed by atoms with Crippen LogP contribution in [0.2, 0.25) is 0 Å². The number of nitroso groups, excluding NO2 is 1. The molecule has 1 rings (SSSR count). The fraction of sp³-hybridized carbons (Fsp3) is 0. The van der Waals surface area contributed by atoms with Crippen LogP contribution in [-0.4, -0.2) is 4.98 Å². The highest BCUT2D eigenvalue weighted by atomic mass is 16.3. The van der Waals surface area contributed by atoms with Crippen molar-refractivity contribution in [2.24, 2.45) is 5.18 Å². The van der Waals surface area contributed by atoms with Crippen molar-refractivity contribution in [1.29, 1.82) is 0 Å². The summed E-state index contributed by atoms with van der Waals surface area (Å²) >= 11 is 0. The number of rotatable bonds is 1. The maximum atomic E-state index is 9.70. The lowest BCUT2D eigenvalue weighted by molar-refractivity contribution is 1.29. The molecule has 0 unspecified atom stereocenters. The van der Waals surface area contributed by atoms with Gasteiger partial charge in [-0.1, -0.05) is 0 Å². The molecule has 39 valence electrons. The van der Waals surface area contributed by atoms with Crippen molar-refractivity contribution >= 4 is 5.69 Å². The van der Waals surface area contributed by atoms with Crippen LogP contribution < -0.4 is 0 Å². The van der Waals surface area contributed by atoms with Gasteiger partial charge in [-0.25, -0.2) is 0 Å². The van der Waals surface area contributed by atoms with Gasteiger partial charge in [-0.3, -0.25) is 4.98 Å². The molecule has 0 aliphatic heterocycles. The van der Waals surface area contributed by atoms with Crippen LogP contribution in [0.5, 0.6) is 0 Å². The molecule has 0 aromatic carbocycles. The van der Waals surface area contributed by atoms with Gasteiger partial charge in [0.05, 0.1) is 12.4 Å². The summed E-state index contributed by atoms with van der Waals surface area (Å²) in [7, 11) is 0. The number of hydrogen-bond acceptors (Lipinski definition) is 3. The first-order valence-corrected chi connectivity index (χ1v) is 2.09. The standard InChI is InChI=1S/C5H3N2O/c8-7-5-2-1-3-6-4-5/h1-2,4H. The molecule has 0 aliphatic carbocycles. The van der Waals surface area contributed by atoms with E-state index in [0.717, 1.165) is 0 Å². The first kappa shape index (κ1) is 4.90. The second-order valence-electron chi connectivity index (χ2n) is 1.24. The lowest BCUT2D eigenvalue weighted by Crippen LogP contribution is -1.65. The highest BCUT2D eigenvalue weighted by Gasteiger charge is 1.83. The molecule has 1 heterocycles. The first-order chi connectivity index (χ1) is 3.93. The second kappa shape index (κ2) is 2.16. The molecule has 0 aliphatic rings. The maximum absolute atomic E-state index is 9.70. The predicted octanol–water partition coefficient (Wildman–Crippen LogP) is 1.28. The molecular weight excluding hydrogens is 104 g/mol. The lowest BCUT2D eigenvalue weighted by Gasteiger charge is -1.79. The molecule has 0 atom stereocenters. The van der Waals surface area contributed by atoms with Crippen LogP contribution in [0, 0.1) is 11.1 Å². The van der Waals surface area contributed by atoms with Crippen molar-refractivity contribution in [3.63, 3.8) is 0 Å². The fourth-order valence-electron chi connectivity index (χ4n) is 0.366. The van der Waals surface area contributed by atoms with Gasteiger partial charge in [-0.15, -0.1) is 4.91 Å². The molecule has 0 fully saturated rings. The van der Waals surface area contributed by atoms with E-state index in [1.165, 1.54) is 12.3 Å². The molecule has 1 aromatic heterocycles. The van der Waals surface area contributed by atoms with Gasteiger partial charge < -0.3 is 0 Å². The molecule has 3 nitrogen and oxygen atoms in total. The molecule has 0 spiro atoms. The highest BCUT2D eigenvalue weighted by Crippen LogP contribution is 2.04. The summed E-state index contributed by atoms with van der Waals surface area (Å²) in [6, 6.07) is 3.08. The predicted molar refractivity (Wildman–Crippen MR) is 28.5 cm³/mol. The van der Waals surface area contributed by atoms with Crippen LogP contribution in [0.1, 0.15) is 0 Å². The monoisotopic (exact) mass is 107 g/mol. The Kier molecular flexibility index (Phi) is 1.32. The molecule has 0 amide bonds. The van der Waals surface area contributed by atoms with E-state index in [2.05, 4.69) is 16.4 Å². The van der Waals surface area contributed by atoms with Crippen LogP contribution in [0.3, 0.4) is 0 Å². The SMILES string of the molecule is O=Nc1cc[c]nc1. The topological polar surface area (TPSA) is 42.3 Å². The van der Waals surface area contributed by atoms with E-state index in [4.69, 9.17) is 0 Å². The van der Waals surface area contributed by atoms with Crippen molar-refractivity contribution in [3.8, 4) is 0 Å². The normalized spacial score (nSPS) is 8.50. The summed E-state index contributed by atoms with van der Waals surface area (Å²) in [6.45, 7) is 0. The molecule has 1 radical (unpaired) electrons. The van der Waals surface area contributed by atoms with Crippen molar-refractivity contribution in [2.75, 3.05) is 0 Å². The third kappa shape index (κ3) is 0.872. The Hall–Kier alpha value is -1.25. The van der Waals surface area contributed by atoms with Crippen LogP contribution in [-0.2, 0) is 0 Å². The van der Waals surface area contributed by atoms with Gasteiger partial charge in [0.25, 0.3) is 0 Å². The quantitative estimate of drug-likeness (QED) is 0.507. The summed E-state index contributed by atoms with van der Waals surface area (Å²) < 4.78 is 0. The van der Waals surface area contributed by atoms with Crippen LogP contribution in [0.4, 0.5) is 5.69 Å². The van der Waals surface area contributed by atoms with E-state index in [1.54, 1.807) is 6.07 Å². The second-order valence-corrected chi connectivity index (χ2v) is 1.24. The van der Waals surface area contributed by atoms with Crippen LogP contribution >= 0.6 is 0 Å². The van der Waals surface area contributed by atoms with Crippen molar-refractivity contribution in [1.82, 2.24) is 4.98 Å². The van der Waals surface area contributed by atoms with Gasteiger partial charge in [-0.05, 0) is 17.3 Å². The minimum Gasteiger partial charge on any atom is -0.252 e. The van der Waals surface area contributed by atoms with Crippen molar-refractivity contribution < 1.29 is 0 Å². The zero-order chi connectivity index (χ0) is 5.82. The number of hydrogen-bond donors (Lipinski definition) is 0. The van der Waals surface area contributed by atoms with Gasteiger partial charge in [0.2, 0.25) is 0 Å². The van der Waals surface area contributed by atoms with Crippen LogP contribution in [0.15, 0.2) is 23.5 Å². The lowest BCUT2D eigenvalue weighted by atomic mass is 10.4. The molecule has 8 heavy (non-hydrogen) atoms.